The van der Waals surface area contributed by atoms with Gasteiger partial charge in [-0.2, -0.15) is 5.10 Å². The van der Waals surface area contributed by atoms with Crippen LogP contribution in [-0.4, -0.2) is 25.8 Å². The molecule has 3 aromatic rings. The molecule has 1 unspecified atom stereocenters. The Balaban J connectivity index is 1.76. The van der Waals surface area contributed by atoms with Crippen LogP contribution in [0.5, 0.6) is 0 Å². The summed E-state index contributed by atoms with van der Waals surface area (Å²) in [4.78, 5) is 16.4. The summed E-state index contributed by atoms with van der Waals surface area (Å²) in [5, 5.41) is 16.2. The largest absolute Gasteiger partial charge is 0.389 e. The van der Waals surface area contributed by atoms with Gasteiger partial charge in [0.05, 0.1) is 11.7 Å². The Morgan fingerprint density at radius 2 is 2.17 bits per heavy atom. The lowest BCUT2D eigenvalue weighted by Gasteiger charge is -2.10. The molecule has 0 aliphatic heterocycles. The summed E-state index contributed by atoms with van der Waals surface area (Å²) in [7, 11) is 0. The molecule has 0 aliphatic rings. The number of nitrogens with zero attached hydrogens (tertiary/aromatic N) is 3. The molecular weight excluding hydrogens is 311 g/mol. The SMILES string of the molecule is CC(O)c1cc(NC(=O)c2ccc(-n3cccn3)nc2)ccc1F. The zero-order chi connectivity index (χ0) is 17.1. The fraction of sp³-hybridized carbons (Fsp3) is 0.118. The molecule has 1 atom stereocenters. The van der Waals surface area contributed by atoms with E-state index in [1.165, 1.54) is 31.3 Å². The number of hydrogen-bond acceptors (Lipinski definition) is 4. The molecule has 3 rings (SSSR count). The molecule has 0 bridgehead atoms. The molecule has 0 aliphatic carbocycles. The predicted molar refractivity (Wildman–Crippen MR) is 86.3 cm³/mol. The minimum atomic E-state index is -0.961. The van der Waals surface area contributed by atoms with E-state index in [2.05, 4.69) is 15.4 Å². The van der Waals surface area contributed by atoms with Gasteiger partial charge in [-0.3, -0.25) is 4.79 Å². The molecule has 24 heavy (non-hydrogen) atoms. The third kappa shape index (κ3) is 3.31. The minimum absolute atomic E-state index is 0.125. The highest BCUT2D eigenvalue weighted by Crippen LogP contribution is 2.21. The summed E-state index contributed by atoms with van der Waals surface area (Å²) in [6.45, 7) is 1.46. The van der Waals surface area contributed by atoms with Gasteiger partial charge in [0.1, 0.15) is 5.82 Å². The summed E-state index contributed by atoms with van der Waals surface area (Å²) in [5.41, 5.74) is 0.877. The van der Waals surface area contributed by atoms with Crippen LogP contribution >= 0.6 is 0 Å². The molecule has 0 saturated heterocycles. The molecule has 2 aromatic heterocycles. The average Bonchev–Trinajstić information content (AvgIpc) is 3.11. The summed E-state index contributed by atoms with van der Waals surface area (Å²) in [5.74, 6) is -0.305. The van der Waals surface area contributed by atoms with Crippen molar-refractivity contribution < 1.29 is 14.3 Å². The summed E-state index contributed by atoms with van der Waals surface area (Å²) in [6.07, 6.45) is 3.86. The Labute approximate surface area is 137 Å². The van der Waals surface area contributed by atoms with Crippen LogP contribution < -0.4 is 5.32 Å². The standard InChI is InChI=1S/C17H15FN4O2/c1-11(23)14-9-13(4-5-15(14)18)21-17(24)12-3-6-16(19-10-12)22-8-2-7-20-22/h2-11,23H,1H3,(H,21,24). The molecule has 2 N–H and O–H groups in total. The fourth-order valence-corrected chi connectivity index (χ4v) is 2.21. The Morgan fingerprint density at radius 1 is 1.33 bits per heavy atom. The summed E-state index contributed by atoms with van der Waals surface area (Å²) in [6, 6.07) is 9.12. The van der Waals surface area contributed by atoms with E-state index < -0.39 is 11.9 Å². The number of nitrogens with one attached hydrogen (secondary N) is 1. The molecule has 7 heteroatoms. The van der Waals surface area contributed by atoms with E-state index in [-0.39, 0.29) is 11.5 Å². The van der Waals surface area contributed by atoms with Crippen LogP contribution in [0.1, 0.15) is 28.9 Å². The fourth-order valence-electron chi connectivity index (χ4n) is 2.21. The number of aliphatic hydroxyl groups excluding tert-OH is 1. The van der Waals surface area contributed by atoms with Gasteiger partial charge in [-0.05, 0) is 43.3 Å². The number of carbonyl (C=O) groups excluding carboxylic acids is 1. The number of amides is 1. The number of benzene rings is 1. The number of halogens is 1. The van der Waals surface area contributed by atoms with Gasteiger partial charge in [0.2, 0.25) is 0 Å². The lowest BCUT2D eigenvalue weighted by atomic mass is 10.1. The van der Waals surface area contributed by atoms with Gasteiger partial charge in [-0.1, -0.05) is 0 Å². The summed E-state index contributed by atoms with van der Waals surface area (Å²) < 4.78 is 15.1. The van der Waals surface area contributed by atoms with Gasteiger partial charge in [0.15, 0.2) is 5.82 Å². The highest BCUT2D eigenvalue weighted by atomic mass is 19.1. The van der Waals surface area contributed by atoms with Crippen molar-refractivity contribution in [2.24, 2.45) is 0 Å². The van der Waals surface area contributed by atoms with E-state index in [1.807, 2.05) is 0 Å². The summed E-state index contributed by atoms with van der Waals surface area (Å²) >= 11 is 0. The second-order valence-electron chi connectivity index (χ2n) is 5.22. The van der Waals surface area contributed by atoms with Gasteiger partial charge in [-0.15, -0.1) is 0 Å². The Morgan fingerprint density at radius 3 is 2.79 bits per heavy atom. The van der Waals surface area contributed by atoms with E-state index in [0.29, 0.717) is 17.1 Å². The second kappa shape index (κ2) is 6.59. The van der Waals surface area contributed by atoms with Crippen LogP contribution in [0.4, 0.5) is 10.1 Å². The van der Waals surface area contributed by atoms with Gasteiger partial charge in [0.25, 0.3) is 5.91 Å². The quantitative estimate of drug-likeness (QED) is 0.772. The van der Waals surface area contributed by atoms with Gasteiger partial charge in [-0.25, -0.2) is 14.1 Å². The molecule has 2 heterocycles. The van der Waals surface area contributed by atoms with Gasteiger partial charge >= 0.3 is 0 Å². The number of aromatic nitrogens is 3. The van der Waals surface area contributed by atoms with Crippen LogP contribution in [0.15, 0.2) is 55.0 Å². The smallest absolute Gasteiger partial charge is 0.257 e. The molecule has 122 valence electrons. The zero-order valence-corrected chi connectivity index (χ0v) is 12.8. The lowest BCUT2D eigenvalue weighted by molar-refractivity contribution is 0.102. The number of anilines is 1. The third-order valence-electron chi connectivity index (χ3n) is 3.45. The molecule has 6 nitrogen and oxygen atoms in total. The first-order valence-electron chi connectivity index (χ1n) is 7.29. The van der Waals surface area contributed by atoms with Crippen molar-refractivity contribution in [2.75, 3.05) is 5.32 Å². The van der Waals surface area contributed by atoms with Crippen LogP contribution in [0.3, 0.4) is 0 Å². The van der Waals surface area contributed by atoms with E-state index in [9.17, 15) is 14.3 Å². The normalized spacial score (nSPS) is 12.0. The van der Waals surface area contributed by atoms with Crippen molar-refractivity contribution in [3.63, 3.8) is 0 Å². The molecule has 0 radical (unpaired) electrons. The highest BCUT2D eigenvalue weighted by Gasteiger charge is 2.12. The van der Waals surface area contributed by atoms with Crippen LogP contribution in [0, 0.1) is 5.82 Å². The van der Waals surface area contributed by atoms with Crippen LogP contribution in [0.25, 0.3) is 5.82 Å². The highest BCUT2D eigenvalue weighted by molar-refractivity contribution is 6.04. The number of aliphatic hydroxyl groups is 1. The van der Waals surface area contributed by atoms with Gasteiger partial charge < -0.3 is 10.4 Å². The Bertz CT molecular complexity index is 846. The first-order valence-corrected chi connectivity index (χ1v) is 7.29. The van der Waals surface area contributed by atoms with Crippen molar-refractivity contribution in [3.05, 3.63) is 71.9 Å². The van der Waals surface area contributed by atoms with Crippen molar-refractivity contribution in [3.8, 4) is 5.82 Å². The number of rotatable bonds is 4. The van der Waals surface area contributed by atoms with Crippen LogP contribution in [-0.2, 0) is 0 Å². The van der Waals surface area contributed by atoms with Crippen molar-refractivity contribution in [1.82, 2.24) is 14.8 Å². The van der Waals surface area contributed by atoms with E-state index >= 15 is 0 Å². The number of pyridine rings is 1. The molecule has 1 aromatic carbocycles. The first kappa shape index (κ1) is 15.8. The number of carbonyl (C=O) groups is 1. The topological polar surface area (TPSA) is 80.0 Å². The van der Waals surface area contributed by atoms with E-state index in [4.69, 9.17) is 0 Å². The maximum Gasteiger partial charge on any atom is 0.257 e. The van der Waals surface area contributed by atoms with E-state index in [0.717, 1.165) is 0 Å². The van der Waals surface area contributed by atoms with Crippen molar-refractivity contribution >= 4 is 11.6 Å². The van der Waals surface area contributed by atoms with Crippen molar-refractivity contribution in [1.29, 1.82) is 0 Å². The average molecular weight is 326 g/mol. The molecule has 0 spiro atoms. The molecular formula is C17H15FN4O2. The monoisotopic (exact) mass is 326 g/mol. The van der Waals surface area contributed by atoms with Crippen molar-refractivity contribution in [2.45, 2.75) is 13.0 Å². The second-order valence-corrected chi connectivity index (χ2v) is 5.22. The molecule has 0 fully saturated rings. The van der Waals surface area contributed by atoms with Crippen LogP contribution in [0.2, 0.25) is 0 Å². The molecule has 0 saturated carbocycles. The maximum atomic E-state index is 13.6. The molecule has 1 amide bonds. The lowest BCUT2D eigenvalue weighted by Crippen LogP contribution is -2.13. The Hall–Kier alpha value is -3.06. The minimum Gasteiger partial charge on any atom is -0.389 e. The van der Waals surface area contributed by atoms with Gasteiger partial charge in [0, 0.05) is 29.8 Å². The maximum absolute atomic E-state index is 13.6. The Kier molecular flexibility index (Phi) is 4.35. The number of hydrogen-bond donors (Lipinski definition) is 2. The predicted octanol–water partition coefficient (Wildman–Crippen LogP) is 2.71. The first-order chi connectivity index (χ1) is 11.5. The van der Waals surface area contributed by atoms with E-state index in [1.54, 1.807) is 35.3 Å². The zero-order valence-electron chi connectivity index (χ0n) is 12.8. The third-order valence-corrected chi connectivity index (χ3v) is 3.45.